The molecule has 2 atom stereocenters. The predicted molar refractivity (Wildman–Crippen MR) is 189 cm³/mol. The number of nitrogens with zero attached hydrogens (tertiary/aromatic N) is 4. The number of ether oxygens (including phenoxy) is 1. The second-order valence-electron chi connectivity index (χ2n) is 13.1. The molecule has 4 heterocycles. The van der Waals surface area contributed by atoms with Gasteiger partial charge in [-0.1, -0.05) is 57.2 Å². The summed E-state index contributed by atoms with van der Waals surface area (Å²) in [5, 5.41) is 12.1. The maximum atomic E-state index is 13.5. The number of nitrogens with two attached hydrogens (primary N) is 1. The third kappa shape index (κ3) is 9.58. The van der Waals surface area contributed by atoms with E-state index in [-0.39, 0.29) is 19.1 Å². The monoisotopic (exact) mass is 671 g/mol. The number of benzene rings is 1. The maximum absolute atomic E-state index is 13.5. The molecule has 2 unspecified atom stereocenters. The first kappa shape index (κ1) is 35.4. The molecule has 1 aromatic carbocycles. The van der Waals surface area contributed by atoms with Crippen LogP contribution < -0.4 is 31.9 Å². The lowest BCUT2D eigenvalue weighted by Crippen LogP contribution is -2.55. The van der Waals surface area contributed by atoms with Crippen molar-refractivity contribution >= 4 is 35.4 Å². The Morgan fingerprint density at radius 2 is 1.82 bits per heavy atom. The Morgan fingerprint density at radius 1 is 1.04 bits per heavy atom. The summed E-state index contributed by atoms with van der Waals surface area (Å²) in [7, 11) is 0. The van der Waals surface area contributed by atoms with Gasteiger partial charge in [0, 0.05) is 43.4 Å². The second kappa shape index (κ2) is 16.9. The zero-order chi connectivity index (χ0) is 34.8. The van der Waals surface area contributed by atoms with Crippen LogP contribution in [0.5, 0.6) is 0 Å². The minimum absolute atomic E-state index is 0.0109. The molecule has 3 aromatic rings. The normalized spacial score (nSPS) is 15.8. The van der Waals surface area contributed by atoms with Crippen LogP contribution in [0, 0.1) is 5.92 Å². The molecular weight excluding hydrogens is 622 g/mol. The van der Waals surface area contributed by atoms with Crippen LogP contribution in [0.2, 0.25) is 0 Å². The van der Waals surface area contributed by atoms with Gasteiger partial charge in [-0.15, -0.1) is 0 Å². The number of rotatable bonds is 14. The number of primary amides is 1. The molecule has 1 saturated heterocycles. The summed E-state index contributed by atoms with van der Waals surface area (Å²) in [5.74, 6) is 1.74. The topological polar surface area (TPSA) is 176 Å². The Labute approximate surface area is 288 Å². The van der Waals surface area contributed by atoms with Crippen LogP contribution >= 0.6 is 0 Å². The Bertz CT molecular complexity index is 1580. The van der Waals surface area contributed by atoms with E-state index < -0.39 is 30.0 Å². The molecular formula is C36H49N9O4. The van der Waals surface area contributed by atoms with Gasteiger partial charge in [0.05, 0.1) is 0 Å². The summed E-state index contributed by atoms with van der Waals surface area (Å²) in [4.78, 5) is 54.9. The van der Waals surface area contributed by atoms with Gasteiger partial charge in [0.25, 0.3) is 0 Å². The number of pyridine rings is 1. The largest absolute Gasteiger partial charge is 0.445 e. The number of anilines is 3. The third-order valence-electron chi connectivity index (χ3n) is 9.07. The van der Waals surface area contributed by atoms with Crippen LogP contribution in [0.15, 0.2) is 48.8 Å². The SMILES string of the molecule is CCc1c(NCC(NC(=O)OCc2ccccc2)C(=O)NC(CC(C)C)C(N)=O)ncnc1N1CCC(c2ccc3c(n2)NCCC3)CC1. The fraction of sp³-hybridized carbons (Fsp3) is 0.500. The lowest BCUT2D eigenvalue weighted by atomic mass is 9.92. The lowest BCUT2D eigenvalue weighted by Gasteiger charge is -2.34. The Kier molecular flexibility index (Phi) is 12.2. The number of amides is 3. The van der Waals surface area contributed by atoms with Crippen molar-refractivity contribution in [2.75, 3.05) is 41.7 Å². The number of piperidine rings is 1. The van der Waals surface area contributed by atoms with E-state index in [1.54, 1.807) is 0 Å². The Balaban J connectivity index is 1.26. The number of hydrogen-bond acceptors (Lipinski definition) is 10. The van der Waals surface area contributed by atoms with Gasteiger partial charge in [-0.05, 0) is 61.6 Å². The van der Waals surface area contributed by atoms with Crippen molar-refractivity contribution in [3.63, 3.8) is 0 Å². The third-order valence-corrected chi connectivity index (χ3v) is 9.07. The van der Waals surface area contributed by atoms with Crippen LogP contribution in [0.3, 0.4) is 0 Å². The van der Waals surface area contributed by atoms with E-state index in [9.17, 15) is 14.4 Å². The second-order valence-corrected chi connectivity index (χ2v) is 13.1. The molecule has 2 aliphatic heterocycles. The molecule has 0 saturated carbocycles. The van der Waals surface area contributed by atoms with Gasteiger partial charge in [-0.3, -0.25) is 9.59 Å². The molecule has 2 aromatic heterocycles. The summed E-state index contributed by atoms with van der Waals surface area (Å²) in [6.45, 7) is 8.55. The molecule has 262 valence electrons. The number of nitrogens with one attached hydrogen (secondary N) is 4. The predicted octanol–water partition coefficient (Wildman–Crippen LogP) is 3.90. The van der Waals surface area contributed by atoms with Crippen LogP contribution in [-0.4, -0.2) is 71.1 Å². The molecule has 1 fully saturated rings. The van der Waals surface area contributed by atoms with E-state index in [0.29, 0.717) is 24.6 Å². The van der Waals surface area contributed by atoms with Crippen molar-refractivity contribution in [3.8, 4) is 0 Å². The average molecular weight is 672 g/mol. The first-order chi connectivity index (χ1) is 23.7. The fourth-order valence-electron chi connectivity index (χ4n) is 6.42. The van der Waals surface area contributed by atoms with E-state index >= 15 is 0 Å². The smallest absolute Gasteiger partial charge is 0.408 e. The van der Waals surface area contributed by atoms with Crippen LogP contribution in [0.25, 0.3) is 0 Å². The molecule has 5 rings (SSSR count). The van der Waals surface area contributed by atoms with Crippen LogP contribution in [0.4, 0.5) is 22.2 Å². The Morgan fingerprint density at radius 3 is 2.53 bits per heavy atom. The van der Waals surface area contributed by atoms with Gasteiger partial charge in [-0.25, -0.2) is 19.7 Å². The number of aromatic nitrogens is 3. The minimum atomic E-state index is -1.09. The van der Waals surface area contributed by atoms with Gasteiger partial charge in [0.2, 0.25) is 11.8 Å². The molecule has 0 aliphatic carbocycles. The highest BCUT2D eigenvalue weighted by Crippen LogP contribution is 2.33. The van der Waals surface area contributed by atoms with E-state index in [1.807, 2.05) is 51.1 Å². The van der Waals surface area contributed by atoms with Gasteiger partial charge < -0.3 is 36.6 Å². The van der Waals surface area contributed by atoms with Gasteiger partial charge >= 0.3 is 6.09 Å². The summed E-state index contributed by atoms with van der Waals surface area (Å²) in [6.07, 6.45) is 5.89. The van der Waals surface area contributed by atoms with Gasteiger partial charge in [0.15, 0.2) is 0 Å². The number of carbonyl (C=O) groups is 3. The fourth-order valence-corrected chi connectivity index (χ4v) is 6.42. The van der Waals surface area contributed by atoms with E-state index in [0.717, 1.165) is 73.8 Å². The highest BCUT2D eigenvalue weighted by atomic mass is 16.5. The van der Waals surface area contributed by atoms with Crippen LogP contribution in [0.1, 0.15) is 74.8 Å². The van der Waals surface area contributed by atoms with E-state index in [1.165, 1.54) is 11.9 Å². The number of hydrogen-bond donors (Lipinski definition) is 5. The van der Waals surface area contributed by atoms with Gasteiger partial charge in [-0.2, -0.15) is 0 Å². The molecule has 13 heteroatoms. The standard InChI is InChI=1S/C36H49N9O4/c1-4-27-33(40-22-41-34(27)45-17-14-25(15-18-45)28-13-12-26-11-8-16-38-32(26)42-28)39-20-30(35(47)43-29(31(37)46)19-23(2)3)44-36(48)49-21-24-9-6-5-7-10-24/h5-7,9-10,12-13,22-23,25,29-30H,4,8,11,14-21H2,1-3H3,(H2,37,46)(H,38,42)(H,43,47)(H,44,48)(H,39,40,41). The highest BCUT2D eigenvalue weighted by Gasteiger charge is 2.29. The molecule has 2 aliphatic rings. The summed E-state index contributed by atoms with van der Waals surface area (Å²) < 4.78 is 5.40. The van der Waals surface area contributed by atoms with Crippen molar-refractivity contribution < 1.29 is 19.1 Å². The number of carbonyl (C=O) groups excluding carboxylic acids is 3. The minimum Gasteiger partial charge on any atom is -0.445 e. The van der Waals surface area contributed by atoms with Crippen molar-refractivity contribution in [2.24, 2.45) is 11.7 Å². The summed E-state index contributed by atoms with van der Waals surface area (Å²) in [5.41, 5.74) is 9.75. The highest BCUT2D eigenvalue weighted by molar-refractivity contribution is 5.91. The van der Waals surface area contributed by atoms with Crippen molar-refractivity contribution in [1.29, 1.82) is 0 Å². The summed E-state index contributed by atoms with van der Waals surface area (Å²) >= 11 is 0. The molecule has 6 N–H and O–H groups in total. The molecule has 0 bridgehead atoms. The van der Waals surface area contributed by atoms with Crippen molar-refractivity contribution in [1.82, 2.24) is 25.6 Å². The molecule has 3 amide bonds. The molecule has 0 radical (unpaired) electrons. The molecule has 13 nitrogen and oxygen atoms in total. The summed E-state index contributed by atoms with van der Waals surface area (Å²) in [6, 6.07) is 11.7. The first-order valence-electron chi connectivity index (χ1n) is 17.3. The first-order valence-corrected chi connectivity index (χ1v) is 17.3. The van der Waals surface area contributed by atoms with Crippen molar-refractivity contribution in [3.05, 3.63) is 71.2 Å². The van der Waals surface area contributed by atoms with Crippen molar-refractivity contribution in [2.45, 2.75) is 83.9 Å². The number of fused-ring (bicyclic) bond motifs is 1. The zero-order valence-corrected chi connectivity index (χ0v) is 28.7. The number of aryl methyl sites for hydroxylation is 1. The quantitative estimate of drug-likeness (QED) is 0.169. The van der Waals surface area contributed by atoms with Crippen LogP contribution in [-0.2, 0) is 33.8 Å². The molecule has 49 heavy (non-hydrogen) atoms. The van der Waals surface area contributed by atoms with Gasteiger partial charge in [0.1, 0.15) is 42.5 Å². The Hall–Kier alpha value is -4.94. The zero-order valence-electron chi connectivity index (χ0n) is 28.7. The van der Waals surface area contributed by atoms with E-state index in [2.05, 4.69) is 48.3 Å². The lowest BCUT2D eigenvalue weighted by molar-refractivity contribution is -0.128. The van der Waals surface area contributed by atoms with E-state index in [4.69, 9.17) is 15.5 Å². The number of alkyl carbamates (subject to hydrolysis) is 1. The maximum Gasteiger partial charge on any atom is 0.408 e. The average Bonchev–Trinajstić information content (AvgIpc) is 3.12. The molecule has 0 spiro atoms.